The molecule has 2 nitrogen and oxygen atoms in total. The second kappa shape index (κ2) is 6.91. The molecule has 2 heteroatoms. The molecule has 1 heterocycles. The van der Waals surface area contributed by atoms with Gasteiger partial charge in [-0.3, -0.25) is 0 Å². The summed E-state index contributed by atoms with van der Waals surface area (Å²) in [7, 11) is 0. The molecule has 18 heavy (non-hydrogen) atoms. The molecule has 0 aliphatic carbocycles. The summed E-state index contributed by atoms with van der Waals surface area (Å²) >= 11 is 0. The van der Waals surface area contributed by atoms with E-state index in [0.717, 1.165) is 12.5 Å². The van der Waals surface area contributed by atoms with Crippen molar-refractivity contribution in [2.24, 2.45) is 17.6 Å². The fourth-order valence-electron chi connectivity index (χ4n) is 2.89. The average molecular weight is 246 g/mol. The summed E-state index contributed by atoms with van der Waals surface area (Å²) in [4.78, 5) is 2.60. The van der Waals surface area contributed by atoms with Gasteiger partial charge in [0.25, 0.3) is 0 Å². The summed E-state index contributed by atoms with van der Waals surface area (Å²) in [5.74, 6) is 1.51. The lowest BCUT2D eigenvalue weighted by molar-refractivity contribution is 0.131. The molecular weight excluding hydrogens is 220 g/mol. The van der Waals surface area contributed by atoms with E-state index in [1.165, 1.54) is 44.5 Å². The number of hydrogen-bond acceptors (Lipinski definition) is 2. The number of nitrogens with zero attached hydrogens (tertiary/aromatic N) is 1. The molecule has 1 saturated heterocycles. The van der Waals surface area contributed by atoms with Crippen molar-refractivity contribution in [1.82, 2.24) is 4.90 Å². The van der Waals surface area contributed by atoms with E-state index in [2.05, 4.69) is 42.2 Å². The summed E-state index contributed by atoms with van der Waals surface area (Å²) < 4.78 is 0. The Hall–Kier alpha value is -0.860. The van der Waals surface area contributed by atoms with Crippen LogP contribution in [0.5, 0.6) is 0 Å². The summed E-state index contributed by atoms with van der Waals surface area (Å²) in [6.45, 7) is 6.87. The van der Waals surface area contributed by atoms with Gasteiger partial charge in [-0.2, -0.15) is 0 Å². The van der Waals surface area contributed by atoms with Crippen LogP contribution in [-0.4, -0.2) is 31.1 Å². The van der Waals surface area contributed by atoms with E-state index in [0.29, 0.717) is 5.92 Å². The zero-order valence-electron chi connectivity index (χ0n) is 11.5. The first-order chi connectivity index (χ1) is 8.79. The fraction of sp³-hybridized carbons (Fsp3) is 0.625. The minimum Gasteiger partial charge on any atom is -0.330 e. The maximum absolute atomic E-state index is 5.85. The third-order valence-corrected chi connectivity index (χ3v) is 4.28. The highest BCUT2D eigenvalue weighted by Gasteiger charge is 2.24. The van der Waals surface area contributed by atoms with Gasteiger partial charge in [0, 0.05) is 6.54 Å². The van der Waals surface area contributed by atoms with Gasteiger partial charge in [-0.25, -0.2) is 0 Å². The number of piperidine rings is 1. The fourth-order valence-corrected chi connectivity index (χ4v) is 2.89. The smallest absolute Gasteiger partial charge is 0.00243 e. The van der Waals surface area contributed by atoms with Crippen molar-refractivity contribution in [2.45, 2.75) is 26.2 Å². The predicted molar refractivity (Wildman–Crippen MR) is 77.5 cm³/mol. The highest BCUT2D eigenvalue weighted by Crippen LogP contribution is 2.22. The maximum atomic E-state index is 5.85. The van der Waals surface area contributed by atoms with Crippen molar-refractivity contribution < 1.29 is 0 Å². The van der Waals surface area contributed by atoms with Crippen molar-refractivity contribution >= 4 is 0 Å². The Balaban J connectivity index is 1.71. The minimum atomic E-state index is 0.704. The topological polar surface area (TPSA) is 29.3 Å². The number of benzene rings is 1. The third-order valence-electron chi connectivity index (χ3n) is 4.28. The van der Waals surface area contributed by atoms with E-state index >= 15 is 0 Å². The first-order valence-corrected chi connectivity index (χ1v) is 7.26. The van der Waals surface area contributed by atoms with E-state index in [4.69, 9.17) is 5.73 Å². The van der Waals surface area contributed by atoms with Crippen LogP contribution in [0.25, 0.3) is 0 Å². The predicted octanol–water partition coefficient (Wildman–Crippen LogP) is 2.54. The highest BCUT2D eigenvalue weighted by molar-refractivity contribution is 5.14. The lowest BCUT2D eigenvalue weighted by Gasteiger charge is -2.36. The molecule has 0 saturated carbocycles. The van der Waals surface area contributed by atoms with Crippen LogP contribution in [0.15, 0.2) is 30.3 Å². The lowest BCUT2D eigenvalue weighted by atomic mass is 9.87. The van der Waals surface area contributed by atoms with E-state index < -0.39 is 0 Å². The number of aryl methyl sites for hydroxylation is 1. The second-order valence-corrected chi connectivity index (χ2v) is 5.65. The minimum absolute atomic E-state index is 0.704. The van der Waals surface area contributed by atoms with E-state index in [1.807, 2.05) is 0 Å². The summed E-state index contributed by atoms with van der Waals surface area (Å²) in [6.07, 6.45) is 3.77. The molecule has 0 aromatic heterocycles. The van der Waals surface area contributed by atoms with Crippen molar-refractivity contribution in [3.8, 4) is 0 Å². The van der Waals surface area contributed by atoms with Gasteiger partial charge in [-0.1, -0.05) is 37.3 Å². The quantitative estimate of drug-likeness (QED) is 0.865. The van der Waals surface area contributed by atoms with E-state index in [9.17, 15) is 0 Å². The van der Waals surface area contributed by atoms with Gasteiger partial charge in [0.1, 0.15) is 0 Å². The molecule has 0 radical (unpaired) electrons. The number of likely N-dealkylation sites (tertiary alicyclic amines) is 1. The van der Waals surface area contributed by atoms with E-state index in [1.54, 1.807) is 0 Å². The zero-order valence-corrected chi connectivity index (χ0v) is 11.5. The van der Waals surface area contributed by atoms with Crippen LogP contribution in [0.4, 0.5) is 0 Å². The Labute approximate surface area is 111 Å². The van der Waals surface area contributed by atoms with Crippen molar-refractivity contribution in [3.05, 3.63) is 35.9 Å². The van der Waals surface area contributed by atoms with Crippen LogP contribution in [0.2, 0.25) is 0 Å². The summed E-state index contributed by atoms with van der Waals surface area (Å²) in [5, 5.41) is 0. The van der Waals surface area contributed by atoms with Crippen molar-refractivity contribution in [2.75, 3.05) is 26.2 Å². The zero-order chi connectivity index (χ0) is 12.8. The summed E-state index contributed by atoms with van der Waals surface area (Å²) in [5.41, 5.74) is 7.31. The molecule has 0 spiro atoms. The number of hydrogen-bond donors (Lipinski definition) is 1. The standard InChI is InChI=1S/C16H26N2/c1-14-9-11-18(13-16(14)12-17)10-5-8-15-6-3-2-4-7-15/h2-4,6-7,14,16H,5,8-13,17H2,1H3. The van der Waals surface area contributed by atoms with Gasteiger partial charge < -0.3 is 10.6 Å². The molecule has 1 aliphatic rings. The molecule has 2 rings (SSSR count). The van der Waals surface area contributed by atoms with Gasteiger partial charge in [-0.05, 0) is 56.3 Å². The lowest BCUT2D eigenvalue weighted by Crippen LogP contribution is -2.43. The van der Waals surface area contributed by atoms with Crippen molar-refractivity contribution in [1.29, 1.82) is 0 Å². The van der Waals surface area contributed by atoms with Crippen LogP contribution in [0.3, 0.4) is 0 Å². The first kappa shape index (κ1) is 13.6. The van der Waals surface area contributed by atoms with Crippen LogP contribution in [0, 0.1) is 11.8 Å². The molecule has 1 fully saturated rings. The largest absolute Gasteiger partial charge is 0.330 e. The Bertz CT molecular complexity index is 336. The molecule has 2 unspecified atom stereocenters. The molecule has 2 N–H and O–H groups in total. The maximum Gasteiger partial charge on any atom is 0.00243 e. The molecule has 1 aromatic rings. The van der Waals surface area contributed by atoms with Crippen molar-refractivity contribution in [3.63, 3.8) is 0 Å². The third kappa shape index (κ3) is 3.82. The number of rotatable bonds is 5. The Morgan fingerprint density at radius 2 is 2.06 bits per heavy atom. The second-order valence-electron chi connectivity index (χ2n) is 5.65. The Morgan fingerprint density at radius 3 is 2.78 bits per heavy atom. The Kier molecular flexibility index (Phi) is 5.21. The molecular formula is C16H26N2. The van der Waals surface area contributed by atoms with Gasteiger partial charge in [0.05, 0.1) is 0 Å². The highest BCUT2D eigenvalue weighted by atomic mass is 15.1. The average Bonchev–Trinajstić information content (AvgIpc) is 2.42. The summed E-state index contributed by atoms with van der Waals surface area (Å²) in [6, 6.07) is 10.8. The Morgan fingerprint density at radius 1 is 1.28 bits per heavy atom. The van der Waals surface area contributed by atoms with Crippen LogP contribution in [-0.2, 0) is 6.42 Å². The molecule has 1 aromatic carbocycles. The van der Waals surface area contributed by atoms with Crippen LogP contribution in [0.1, 0.15) is 25.3 Å². The van der Waals surface area contributed by atoms with Gasteiger partial charge in [0.2, 0.25) is 0 Å². The van der Waals surface area contributed by atoms with Gasteiger partial charge in [0.15, 0.2) is 0 Å². The molecule has 2 atom stereocenters. The molecule has 1 aliphatic heterocycles. The van der Waals surface area contributed by atoms with Crippen LogP contribution >= 0.6 is 0 Å². The first-order valence-electron chi connectivity index (χ1n) is 7.26. The normalized spacial score (nSPS) is 25.2. The van der Waals surface area contributed by atoms with Gasteiger partial charge >= 0.3 is 0 Å². The molecule has 0 bridgehead atoms. The van der Waals surface area contributed by atoms with Crippen LogP contribution < -0.4 is 5.73 Å². The molecule has 0 amide bonds. The molecule has 100 valence electrons. The van der Waals surface area contributed by atoms with E-state index in [-0.39, 0.29) is 0 Å². The monoisotopic (exact) mass is 246 g/mol. The van der Waals surface area contributed by atoms with Gasteiger partial charge in [-0.15, -0.1) is 0 Å². The SMILES string of the molecule is CC1CCN(CCCc2ccccc2)CC1CN. The number of nitrogens with two attached hydrogens (primary N) is 1.